The molecule has 0 aliphatic rings. The van der Waals surface area contributed by atoms with Crippen molar-refractivity contribution < 1.29 is 62.4 Å². The van der Waals surface area contributed by atoms with Crippen LogP contribution in [0.5, 0.6) is 0 Å². The van der Waals surface area contributed by atoms with Crippen molar-refractivity contribution in [3.8, 4) is 0 Å². The van der Waals surface area contributed by atoms with Gasteiger partial charge in [-0.25, -0.2) is 0 Å². The van der Waals surface area contributed by atoms with E-state index in [4.69, 9.17) is 11.5 Å². The normalized spacial score (nSPS) is 6.83. The number of unbranched alkanes of at least 4 members (excludes halogenated alkanes) is 1. The molecule has 0 saturated heterocycles. The topological polar surface area (TPSA) is 206 Å². The van der Waals surface area contributed by atoms with Crippen LogP contribution in [-0.2, 0) is 37.5 Å². The third kappa shape index (κ3) is 74.7. The van der Waals surface area contributed by atoms with Crippen molar-refractivity contribution in [2.24, 2.45) is 0 Å². The summed E-state index contributed by atoms with van der Waals surface area (Å²) >= 11 is 3.22. The van der Waals surface area contributed by atoms with Gasteiger partial charge in [-0.15, -0.1) is 13.1 Å². The van der Waals surface area contributed by atoms with Crippen molar-refractivity contribution >= 4 is 18.8 Å². The molecule has 0 atom stereocenters. The van der Waals surface area contributed by atoms with Crippen LogP contribution < -0.4 is 35.4 Å². The number of hydrogen-bond acceptors (Lipinski definition) is 2. The van der Waals surface area contributed by atoms with Gasteiger partial charge in [-0.2, -0.15) is 0 Å². The van der Waals surface area contributed by atoms with E-state index in [-0.39, 0.29) is 49.4 Å². The van der Waals surface area contributed by atoms with E-state index in [0.717, 1.165) is 39.0 Å². The van der Waals surface area contributed by atoms with E-state index in [1.165, 1.54) is 12.8 Å². The number of halogens is 4. The Labute approximate surface area is 191 Å². The Hall–Kier alpha value is 2.22. The third-order valence-electron chi connectivity index (χ3n) is 2.02. The first-order valence-corrected chi connectivity index (χ1v) is 11.5. The molecule has 12 N–H and O–H groups in total. The fourth-order valence-electron chi connectivity index (χ4n) is 1.18. The zero-order chi connectivity index (χ0) is 14.5. The molecule has 0 aromatic rings. The molecule has 8 nitrogen and oxygen atoms in total. The van der Waals surface area contributed by atoms with Crippen LogP contribution in [-0.4, -0.2) is 39.3 Å². The summed E-state index contributed by atoms with van der Waals surface area (Å²) in [6, 6.07) is 0. The molecule has 0 aromatic heterocycles. The number of rotatable bonds is 11. The summed E-state index contributed by atoms with van der Waals surface area (Å²) in [5, 5.41) is 6.62. The minimum Gasteiger partial charge on any atom is -0.693 e. The maximum Gasteiger partial charge on any atom is -0.00485 e. The minimum absolute atomic E-state index is 0. The second-order valence-corrected chi connectivity index (χ2v) is 3.41. The smallest absolute Gasteiger partial charge is 0.00485 e. The van der Waals surface area contributed by atoms with Gasteiger partial charge >= 0.3 is 56.4 Å². The first-order chi connectivity index (χ1) is 8.91. The average Bonchev–Trinajstić information content (AvgIpc) is 2.45. The van der Waals surface area contributed by atoms with Gasteiger partial charge in [-0.1, -0.05) is 12.8 Å². The van der Waals surface area contributed by atoms with Gasteiger partial charge in [0.25, 0.3) is 0 Å². The fraction of sp³-hybridized carbons (Fsp3) is 1.00. The van der Waals surface area contributed by atoms with Crippen LogP contribution in [0, 0.1) is 0 Å². The largest absolute Gasteiger partial charge is 0.693 e. The van der Waals surface area contributed by atoms with Gasteiger partial charge in [-0.05, 0) is 39.0 Å². The Morgan fingerprint density at radius 3 is 0.958 bits per heavy atom. The van der Waals surface area contributed by atoms with Gasteiger partial charge in [0.1, 0.15) is 0 Å². The Bertz CT molecular complexity index is 117. The molecule has 0 amide bonds. The van der Waals surface area contributed by atoms with Crippen LogP contribution >= 0.6 is 18.8 Å². The van der Waals surface area contributed by atoms with E-state index >= 15 is 0 Å². The first-order valence-electron chi connectivity index (χ1n) is 5.86. The molecular formula is C10H32Cl4N8Pt2-8. The van der Waals surface area contributed by atoms with E-state index in [9.17, 15) is 0 Å². The minimum atomic E-state index is 0. The van der Waals surface area contributed by atoms with E-state index in [2.05, 4.69) is 29.5 Å². The summed E-state index contributed by atoms with van der Waals surface area (Å²) in [4.78, 5) is 0. The summed E-state index contributed by atoms with van der Waals surface area (Å²) in [7, 11) is 9.22. The van der Waals surface area contributed by atoms with Gasteiger partial charge < -0.3 is 71.5 Å². The van der Waals surface area contributed by atoms with Gasteiger partial charge in [0.2, 0.25) is 0 Å². The summed E-state index contributed by atoms with van der Waals surface area (Å²) in [6.45, 7) is 5.16. The molecule has 0 aliphatic carbocycles. The standard InChI is InChI=1S/C10H24N4.4ClH.4H2N.2Pt/c11-5-3-9-13-7-1-2-8-14-10-4-6-12;;;;;;;;;;/h11-14H,1-10H2;4*1H;4*1H2;;/q-2;;;;;4*-1;2*+1/p-4. The Kier molecular flexibility index (Phi) is 171. The molecule has 0 saturated carbocycles. The third-order valence-corrected chi connectivity index (χ3v) is 2.02. The zero-order valence-electron chi connectivity index (χ0n) is 13.5. The van der Waals surface area contributed by atoms with Gasteiger partial charge in [0.05, 0.1) is 0 Å². The van der Waals surface area contributed by atoms with Gasteiger partial charge in [0.15, 0.2) is 0 Å². The average molecular weight is 796 g/mol. The molecule has 0 fully saturated rings. The van der Waals surface area contributed by atoms with Crippen LogP contribution in [0.1, 0.15) is 25.7 Å². The van der Waals surface area contributed by atoms with E-state index in [1.54, 1.807) is 37.5 Å². The van der Waals surface area contributed by atoms with Crippen molar-refractivity contribution in [1.29, 1.82) is 0 Å². The molecule has 0 bridgehead atoms. The zero-order valence-corrected chi connectivity index (χ0v) is 21.1. The van der Waals surface area contributed by atoms with Crippen molar-refractivity contribution in [3.05, 3.63) is 36.1 Å². The quantitative estimate of drug-likeness (QED) is 0.279. The van der Waals surface area contributed by atoms with Crippen LogP contribution in [0.25, 0.3) is 36.1 Å². The van der Waals surface area contributed by atoms with Crippen molar-refractivity contribution in [1.82, 2.24) is 10.6 Å². The van der Waals surface area contributed by atoms with Crippen molar-refractivity contribution in [2.75, 3.05) is 39.3 Å². The maximum atomic E-state index is 6.95. The molecule has 0 aliphatic heterocycles. The maximum absolute atomic E-state index is 6.95. The summed E-state index contributed by atoms with van der Waals surface area (Å²) in [5.41, 5.74) is 13.9. The predicted molar refractivity (Wildman–Crippen MR) is 95.4 cm³/mol. The molecule has 0 heterocycles. The van der Waals surface area contributed by atoms with Gasteiger partial charge in [0, 0.05) is 0 Å². The molecule has 0 unspecified atom stereocenters. The monoisotopic (exact) mass is 794 g/mol. The van der Waals surface area contributed by atoms with Crippen LogP contribution in [0.15, 0.2) is 0 Å². The Balaban J connectivity index is -0.0000000298. The van der Waals surface area contributed by atoms with E-state index < -0.39 is 0 Å². The number of hydrogen-bond donors (Lipinski definition) is 2. The summed E-state index contributed by atoms with van der Waals surface area (Å²) in [6.07, 6.45) is 4.32. The summed E-state index contributed by atoms with van der Waals surface area (Å²) < 4.78 is 0. The fourth-order valence-corrected chi connectivity index (χ4v) is 1.18. The molecule has 0 spiro atoms. The van der Waals surface area contributed by atoms with Crippen LogP contribution in [0.4, 0.5) is 0 Å². The Morgan fingerprint density at radius 2 is 0.750 bits per heavy atom. The molecule has 0 radical (unpaired) electrons. The van der Waals surface area contributed by atoms with Crippen molar-refractivity contribution in [3.63, 3.8) is 0 Å². The summed E-state index contributed by atoms with van der Waals surface area (Å²) in [5.74, 6) is 0. The first kappa shape index (κ1) is 56.2. The number of nitrogens with two attached hydrogens (primary N) is 4. The SMILES string of the molecule is [Cl-].[Cl-].[Cl][Pt].[Cl][Pt].[NH-]CCCNCCCCNCCC[NH-].[NH2-].[NH2-].[NH2-].[NH2-]. The van der Waals surface area contributed by atoms with E-state index in [1.807, 2.05) is 0 Å². The van der Waals surface area contributed by atoms with Crippen LogP contribution in [0.3, 0.4) is 0 Å². The molecule has 0 rings (SSSR count). The number of nitrogens with one attached hydrogen (secondary N) is 4. The molecule has 14 heteroatoms. The van der Waals surface area contributed by atoms with Crippen LogP contribution in [0.2, 0.25) is 0 Å². The second-order valence-electron chi connectivity index (χ2n) is 3.41. The molecular weight excluding hydrogens is 764 g/mol. The predicted octanol–water partition coefficient (Wildman–Crippen LogP) is 0.0808. The Morgan fingerprint density at radius 1 is 0.542 bits per heavy atom. The van der Waals surface area contributed by atoms with Gasteiger partial charge in [-0.3, -0.25) is 0 Å². The second kappa shape index (κ2) is 73.2. The van der Waals surface area contributed by atoms with Crippen molar-refractivity contribution in [2.45, 2.75) is 25.7 Å². The molecule has 168 valence electrons. The molecule has 24 heavy (non-hydrogen) atoms. The molecule has 0 aromatic carbocycles. The van der Waals surface area contributed by atoms with E-state index in [0.29, 0.717) is 13.1 Å².